The summed E-state index contributed by atoms with van der Waals surface area (Å²) in [5, 5.41) is 9.36. The molecule has 0 aromatic carbocycles. The Morgan fingerprint density at radius 1 is 1.20 bits per heavy atom. The lowest BCUT2D eigenvalue weighted by atomic mass is 10.0. The molecule has 2 rings (SSSR count). The molecule has 1 unspecified atom stereocenters. The fraction of sp³-hybridized carbons (Fsp3) is 0.857. The zero-order valence-corrected chi connectivity index (χ0v) is 12.1. The highest BCUT2D eigenvalue weighted by molar-refractivity contribution is 5.77. The molecule has 6 heteroatoms. The minimum Gasteiger partial charge on any atom is -0.481 e. The molecule has 0 aliphatic carbocycles. The lowest BCUT2D eigenvalue weighted by Gasteiger charge is -2.34. The van der Waals surface area contributed by atoms with Crippen LogP contribution >= 0.6 is 0 Å². The maximum absolute atomic E-state index is 11.9. The van der Waals surface area contributed by atoms with Crippen molar-refractivity contribution in [2.45, 2.75) is 32.2 Å². The van der Waals surface area contributed by atoms with Crippen LogP contribution in [0.4, 0.5) is 0 Å². The highest BCUT2D eigenvalue weighted by Gasteiger charge is 2.32. The zero-order valence-electron chi connectivity index (χ0n) is 12.1. The van der Waals surface area contributed by atoms with E-state index in [9.17, 15) is 14.7 Å². The predicted molar refractivity (Wildman–Crippen MR) is 73.4 cm³/mol. The van der Waals surface area contributed by atoms with Crippen molar-refractivity contribution < 1.29 is 19.4 Å². The summed E-state index contributed by atoms with van der Waals surface area (Å²) in [4.78, 5) is 27.2. The van der Waals surface area contributed by atoms with Crippen LogP contribution < -0.4 is 0 Å². The van der Waals surface area contributed by atoms with Crippen molar-refractivity contribution in [2.24, 2.45) is 5.92 Å². The summed E-state index contributed by atoms with van der Waals surface area (Å²) < 4.78 is 5.37. The van der Waals surface area contributed by atoms with Gasteiger partial charge < -0.3 is 14.7 Å². The maximum atomic E-state index is 11.9. The van der Waals surface area contributed by atoms with Crippen LogP contribution in [0.15, 0.2) is 0 Å². The summed E-state index contributed by atoms with van der Waals surface area (Å²) in [6, 6.07) is 0.391. The van der Waals surface area contributed by atoms with Crippen molar-refractivity contribution in [3.8, 4) is 0 Å². The molecular formula is C14H24N2O4. The van der Waals surface area contributed by atoms with E-state index < -0.39 is 11.9 Å². The topological polar surface area (TPSA) is 70.1 Å². The molecule has 2 saturated heterocycles. The van der Waals surface area contributed by atoms with Crippen molar-refractivity contribution in [3.63, 3.8) is 0 Å². The highest BCUT2D eigenvalue weighted by atomic mass is 16.5. The molecule has 0 bridgehead atoms. The molecule has 1 amide bonds. The molecule has 6 nitrogen and oxygen atoms in total. The number of carbonyl (C=O) groups excluding carboxylic acids is 1. The van der Waals surface area contributed by atoms with Gasteiger partial charge in [-0.25, -0.2) is 0 Å². The minimum absolute atomic E-state index is 0.0464. The molecule has 2 aliphatic rings. The molecule has 0 aromatic heterocycles. The van der Waals surface area contributed by atoms with Crippen LogP contribution in [-0.4, -0.2) is 72.2 Å². The monoisotopic (exact) mass is 284 g/mol. The molecule has 0 aromatic rings. The van der Waals surface area contributed by atoms with Crippen molar-refractivity contribution in [1.82, 2.24) is 9.80 Å². The standard InChI is InChI=1S/C14H24N2O4/c1-2-13(17)16-6-5-15(9-11(10-16)14(18)19)12-3-7-20-8-4-12/h11-12H,2-10H2,1H3,(H,18,19). The Labute approximate surface area is 119 Å². The van der Waals surface area contributed by atoms with Crippen molar-refractivity contribution in [3.05, 3.63) is 0 Å². The fourth-order valence-corrected chi connectivity index (χ4v) is 3.03. The van der Waals surface area contributed by atoms with Gasteiger partial charge in [0.15, 0.2) is 0 Å². The van der Waals surface area contributed by atoms with E-state index in [0.717, 1.165) is 32.6 Å². The number of carbonyl (C=O) groups is 2. The van der Waals surface area contributed by atoms with Crippen LogP contribution in [-0.2, 0) is 14.3 Å². The molecule has 1 N–H and O–H groups in total. The molecular weight excluding hydrogens is 260 g/mol. The number of aliphatic carboxylic acids is 1. The molecule has 1 atom stereocenters. The second kappa shape index (κ2) is 7.04. The Bertz CT molecular complexity index is 355. The molecule has 2 heterocycles. The smallest absolute Gasteiger partial charge is 0.309 e. The second-order valence-electron chi connectivity index (χ2n) is 5.57. The number of amides is 1. The average molecular weight is 284 g/mol. The third-order valence-electron chi connectivity index (χ3n) is 4.26. The van der Waals surface area contributed by atoms with Gasteiger partial charge in [0.1, 0.15) is 0 Å². The molecule has 20 heavy (non-hydrogen) atoms. The summed E-state index contributed by atoms with van der Waals surface area (Å²) in [6.45, 7) is 5.58. The third kappa shape index (κ3) is 3.70. The first-order chi connectivity index (χ1) is 9.61. The van der Waals surface area contributed by atoms with E-state index in [4.69, 9.17) is 4.74 Å². The lowest BCUT2D eigenvalue weighted by molar-refractivity contribution is -0.143. The van der Waals surface area contributed by atoms with Gasteiger partial charge in [-0.15, -0.1) is 0 Å². The van der Waals surface area contributed by atoms with E-state index in [2.05, 4.69) is 4.90 Å². The van der Waals surface area contributed by atoms with E-state index in [1.807, 2.05) is 6.92 Å². The summed E-state index contributed by atoms with van der Waals surface area (Å²) >= 11 is 0. The van der Waals surface area contributed by atoms with Gasteiger partial charge in [0.05, 0.1) is 5.92 Å². The molecule has 0 spiro atoms. The number of carboxylic acid groups (broad SMARTS) is 1. The Morgan fingerprint density at radius 2 is 1.90 bits per heavy atom. The first-order valence-electron chi connectivity index (χ1n) is 7.44. The Morgan fingerprint density at radius 3 is 2.50 bits per heavy atom. The summed E-state index contributed by atoms with van der Waals surface area (Å²) in [7, 11) is 0. The molecule has 0 saturated carbocycles. The first kappa shape index (κ1) is 15.3. The van der Waals surface area contributed by atoms with Crippen molar-refractivity contribution >= 4 is 11.9 Å². The SMILES string of the molecule is CCC(=O)N1CCN(C2CCOCC2)CC(C(=O)O)C1. The maximum Gasteiger partial charge on any atom is 0.309 e. The zero-order chi connectivity index (χ0) is 14.5. The average Bonchev–Trinajstić information content (AvgIpc) is 2.70. The van der Waals surface area contributed by atoms with E-state index in [0.29, 0.717) is 32.1 Å². The van der Waals surface area contributed by atoms with Gasteiger partial charge in [-0.1, -0.05) is 6.92 Å². The highest BCUT2D eigenvalue weighted by Crippen LogP contribution is 2.19. The van der Waals surface area contributed by atoms with Crippen LogP contribution in [0.1, 0.15) is 26.2 Å². The van der Waals surface area contributed by atoms with Crippen LogP contribution in [0.25, 0.3) is 0 Å². The summed E-state index contributed by atoms with van der Waals surface area (Å²) in [6.07, 6.45) is 2.34. The van der Waals surface area contributed by atoms with E-state index in [1.165, 1.54) is 0 Å². The molecule has 0 radical (unpaired) electrons. The largest absolute Gasteiger partial charge is 0.481 e. The van der Waals surface area contributed by atoms with Crippen LogP contribution in [0, 0.1) is 5.92 Å². The number of carboxylic acids is 1. The number of hydrogen-bond donors (Lipinski definition) is 1. The van der Waals surface area contributed by atoms with Crippen LogP contribution in [0.5, 0.6) is 0 Å². The normalized spacial score (nSPS) is 26.2. The summed E-state index contributed by atoms with van der Waals surface area (Å²) in [5.41, 5.74) is 0. The van der Waals surface area contributed by atoms with Crippen LogP contribution in [0.2, 0.25) is 0 Å². The van der Waals surface area contributed by atoms with Gasteiger partial charge in [0.2, 0.25) is 5.91 Å². The third-order valence-corrected chi connectivity index (χ3v) is 4.26. The number of ether oxygens (including phenoxy) is 1. The van der Waals surface area contributed by atoms with E-state index in [-0.39, 0.29) is 5.91 Å². The fourth-order valence-electron chi connectivity index (χ4n) is 3.03. The van der Waals surface area contributed by atoms with Gasteiger partial charge >= 0.3 is 5.97 Å². The van der Waals surface area contributed by atoms with Gasteiger partial charge in [-0.3, -0.25) is 14.5 Å². The lowest BCUT2D eigenvalue weighted by Crippen LogP contribution is -2.43. The van der Waals surface area contributed by atoms with Crippen LogP contribution in [0.3, 0.4) is 0 Å². The summed E-state index contributed by atoms with van der Waals surface area (Å²) in [5.74, 6) is -1.25. The molecule has 2 fully saturated rings. The molecule has 2 aliphatic heterocycles. The predicted octanol–water partition coefficient (Wildman–Crippen LogP) is 0.420. The van der Waals surface area contributed by atoms with Gasteiger partial charge in [-0.2, -0.15) is 0 Å². The second-order valence-corrected chi connectivity index (χ2v) is 5.57. The Kier molecular flexibility index (Phi) is 5.37. The Hall–Kier alpha value is -1.14. The number of nitrogens with zero attached hydrogens (tertiary/aromatic N) is 2. The Balaban J connectivity index is 2.04. The first-order valence-corrected chi connectivity index (χ1v) is 7.44. The minimum atomic E-state index is -0.808. The van der Waals surface area contributed by atoms with E-state index in [1.54, 1.807) is 4.90 Å². The van der Waals surface area contributed by atoms with Crippen molar-refractivity contribution in [1.29, 1.82) is 0 Å². The quantitative estimate of drug-likeness (QED) is 0.813. The van der Waals surface area contributed by atoms with Gasteiger partial charge in [0.25, 0.3) is 0 Å². The molecule has 114 valence electrons. The van der Waals surface area contributed by atoms with E-state index >= 15 is 0 Å². The van der Waals surface area contributed by atoms with Crippen molar-refractivity contribution in [2.75, 3.05) is 39.4 Å². The van der Waals surface area contributed by atoms with Gasteiger partial charge in [-0.05, 0) is 12.8 Å². The number of hydrogen-bond acceptors (Lipinski definition) is 4. The number of rotatable bonds is 3. The van der Waals surface area contributed by atoms with Gasteiger partial charge in [0, 0.05) is 51.9 Å².